The van der Waals surface area contributed by atoms with Crippen molar-refractivity contribution in [3.8, 4) is 0 Å². The molecule has 6 aliphatic heterocycles. The summed E-state index contributed by atoms with van der Waals surface area (Å²) >= 11 is 0. The van der Waals surface area contributed by atoms with Crippen LogP contribution in [-0.2, 0) is 33.3 Å². The zero-order valence-electron chi connectivity index (χ0n) is 31.8. The lowest BCUT2D eigenvalue weighted by molar-refractivity contribution is -0.474. The first-order valence-corrected chi connectivity index (χ1v) is 20.4. The van der Waals surface area contributed by atoms with Crippen LogP contribution in [0.5, 0.6) is 0 Å². The molecule has 14 rings (SSSR count). The molecule has 0 radical (unpaired) electrons. The van der Waals surface area contributed by atoms with Crippen molar-refractivity contribution in [3.05, 3.63) is 24.3 Å². The molecule has 0 aromatic heterocycles. The minimum Gasteiger partial charge on any atom is -0.391 e. The van der Waals surface area contributed by atoms with Crippen LogP contribution >= 0.6 is 0 Å². The molecule has 5 spiro atoms. The molecule has 0 aromatic carbocycles. The molecule has 6 heterocycles. The Hall–Kier alpha value is -1.91. The average Bonchev–Trinajstić information content (AvgIpc) is 3.75. The van der Waals surface area contributed by atoms with Gasteiger partial charge in [-0.3, -0.25) is 14.4 Å². The van der Waals surface area contributed by atoms with Crippen LogP contribution < -0.4 is 0 Å². The minimum absolute atomic E-state index is 0.124. The summed E-state index contributed by atoms with van der Waals surface area (Å²) in [7, 11) is 0. The van der Waals surface area contributed by atoms with E-state index in [1.165, 1.54) is 0 Å². The van der Waals surface area contributed by atoms with Crippen molar-refractivity contribution < 1.29 is 64.0 Å². The molecule has 298 valence electrons. The fourth-order valence-electron chi connectivity index (χ4n) is 18.2. The first kappa shape index (κ1) is 35.1. The van der Waals surface area contributed by atoms with Crippen LogP contribution in [0.25, 0.3) is 0 Å². The fraction of sp³-hybridized carbons (Fsp3) is 0.833. The highest BCUT2D eigenvalue weighted by molar-refractivity contribution is 6.07. The zero-order chi connectivity index (χ0) is 39.1. The second-order valence-electron chi connectivity index (χ2n) is 21.7. The van der Waals surface area contributed by atoms with Crippen LogP contribution in [0.3, 0.4) is 0 Å². The third-order valence-electron chi connectivity index (χ3n) is 19.4. The van der Waals surface area contributed by atoms with Crippen molar-refractivity contribution in [2.24, 2.45) is 68.0 Å². The average molecular weight is 765 g/mol. The van der Waals surface area contributed by atoms with Gasteiger partial charge in [0.25, 0.3) is 0 Å². The molecular formula is C42H52O13. The Morgan fingerprint density at radius 2 is 1.16 bits per heavy atom. The molecule has 13 heteroatoms. The topological polar surface area (TPSA) is 213 Å². The predicted octanol–water partition coefficient (Wildman–Crippen LogP) is 0.846. The summed E-state index contributed by atoms with van der Waals surface area (Å²) in [4.78, 5) is 45.1. The lowest BCUT2D eigenvalue weighted by atomic mass is 9.33. The number of ketones is 3. The van der Waals surface area contributed by atoms with Gasteiger partial charge in [-0.1, -0.05) is 40.9 Å². The predicted molar refractivity (Wildman–Crippen MR) is 185 cm³/mol. The Balaban J connectivity index is 1.06. The van der Waals surface area contributed by atoms with Gasteiger partial charge in [-0.2, -0.15) is 0 Å². The smallest absolute Gasteiger partial charge is 0.208 e. The van der Waals surface area contributed by atoms with Crippen molar-refractivity contribution in [2.75, 3.05) is 13.2 Å². The summed E-state index contributed by atoms with van der Waals surface area (Å²) in [5, 5.41) is 73.8. The summed E-state index contributed by atoms with van der Waals surface area (Å²) in [6, 6.07) is 0. The number of epoxide rings is 1. The number of aliphatic hydroxyl groups is 6. The number of hydrogen-bond acceptors (Lipinski definition) is 13. The van der Waals surface area contributed by atoms with E-state index in [9.17, 15) is 40.2 Å². The van der Waals surface area contributed by atoms with E-state index in [4.69, 9.17) is 18.9 Å². The quantitative estimate of drug-likeness (QED) is 0.149. The molecule has 6 N–H and O–H groups in total. The Morgan fingerprint density at radius 1 is 0.636 bits per heavy atom. The van der Waals surface area contributed by atoms with Crippen LogP contribution in [0.4, 0.5) is 0 Å². The van der Waals surface area contributed by atoms with Gasteiger partial charge in [0.05, 0.1) is 36.3 Å². The van der Waals surface area contributed by atoms with Crippen LogP contribution in [-0.4, -0.2) is 114 Å². The van der Waals surface area contributed by atoms with Crippen LogP contribution in [0.15, 0.2) is 24.3 Å². The van der Waals surface area contributed by atoms with Gasteiger partial charge < -0.3 is 49.6 Å². The monoisotopic (exact) mass is 764 g/mol. The van der Waals surface area contributed by atoms with Crippen LogP contribution in [0.2, 0.25) is 0 Å². The maximum Gasteiger partial charge on any atom is 0.208 e. The number of rotatable bonds is 0. The molecular weight excluding hydrogens is 712 g/mol. The maximum atomic E-state index is 16.2. The van der Waals surface area contributed by atoms with E-state index >= 15 is 4.79 Å². The van der Waals surface area contributed by atoms with E-state index in [1.54, 1.807) is 0 Å². The van der Waals surface area contributed by atoms with E-state index in [2.05, 4.69) is 13.2 Å². The van der Waals surface area contributed by atoms with Gasteiger partial charge in [0.15, 0.2) is 17.3 Å². The normalized spacial score (nSPS) is 64.7. The summed E-state index contributed by atoms with van der Waals surface area (Å²) in [6.45, 7) is 15.6. The maximum absolute atomic E-state index is 16.2. The van der Waals surface area contributed by atoms with E-state index in [-0.39, 0.29) is 43.0 Å². The number of carbonyl (C=O) groups is 3. The molecule has 8 bridgehead atoms. The Morgan fingerprint density at radius 3 is 1.78 bits per heavy atom. The van der Waals surface area contributed by atoms with E-state index < -0.39 is 133 Å². The highest BCUT2D eigenvalue weighted by atomic mass is 16.8. The molecule has 0 aromatic rings. The lowest BCUT2D eigenvalue weighted by Gasteiger charge is -2.76. The van der Waals surface area contributed by atoms with Gasteiger partial charge in [0.1, 0.15) is 34.2 Å². The van der Waals surface area contributed by atoms with E-state index in [0.29, 0.717) is 38.5 Å². The van der Waals surface area contributed by atoms with Crippen molar-refractivity contribution in [1.82, 2.24) is 0 Å². The molecule has 13 nitrogen and oxygen atoms in total. The van der Waals surface area contributed by atoms with Gasteiger partial charge in [-0.15, -0.1) is 0 Å². The van der Waals surface area contributed by atoms with E-state index in [1.807, 2.05) is 27.7 Å². The minimum atomic E-state index is -2.44. The zero-order valence-corrected chi connectivity index (χ0v) is 31.8. The Bertz CT molecular complexity index is 2010. The molecule has 14 aliphatic rings. The number of hydrogen-bond donors (Lipinski definition) is 6. The van der Waals surface area contributed by atoms with Gasteiger partial charge in [-0.25, -0.2) is 0 Å². The Kier molecular flexibility index (Phi) is 5.72. The van der Waals surface area contributed by atoms with E-state index in [0.717, 1.165) is 0 Å². The molecule has 0 unspecified atom stereocenters. The number of fused-ring (bicyclic) bond motifs is 4. The molecule has 14 fully saturated rings. The van der Waals surface area contributed by atoms with Gasteiger partial charge in [-0.05, 0) is 85.2 Å². The largest absolute Gasteiger partial charge is 0.391 e. The van der Waals surface area contributed by atoms with Crippen molar-refractivity contribution in [1.29, 1.82) is 0 Å². The standard InChI is InChI=1S/C42H52O13/c1-17-19-7-9-21-36-15-52-40(50,38(21,25(17)43)27(19)45)29(47)23(36)32(3,4)13-34(31(36)49)11-12-35-14-33(5,6)24-30(48)41(51)39-22(10-8-20(28(39)46)18(2)26(39)44)37(24,16-53-41)42(35,54-34)55-35/h19-24,27-30,45-48,50-51H,1-2,7-16H2,3-6H3/t19-,20-,21-,22-,23+,24+,27+,28+,29-,30-,34+,35-,36-,37-,38-,39-,40+,41+,42-/m0/s1. The number of aliphatic hydroxyl groups excluding tert-OH is 4. The fourth-order valence-corrected chi connectivity index (χ4v) is 18.2. The molecule has 0 amide bonds. The van der Waals surface area contributed by atoms with Crippen molar-refractivity contribution in [3.63, 3.8) is 0 Å². The van der Waals surface area contributed by atoms with Gasteiger partial charge >= 0.3 is 0 Å². The summed E-state index contributed by atoms with van der Waals surface area (Å²) in [5.41, 5.74) is -10.5. The van der Waals surface area contributed by atoms with Gasteiger partial charge in [0.2, 0.25) is 17.4 Å². The second-order valence-corrected chi connectivity index (χ2v) is 21.7. The Labute approximate surface area is 318 Å². The number of carbonyl (C=O) groups excluding carboxylic acids is 3. The second kappa shape index (κ2) is 8.97. The third kappa shape index (κ3) is 2.82. The summed E-state index contributed by atoms with van der Waals surface area (Å²) < 4.78 is 27.2. The molecule has 8 aliphatic carbocycles. The van der Waals surface area contributed by atoms with Gasteiger partial charge in [0, 0.05) is 23.7 Å². The highest BCUT2D eigenvalue weighted by Gasteiger charge is 2.99. The summed E-state index contributed by atoms with van der Waals surface area (Å²) in [5.74, 6) is -12.4. The summed E-state index contributed by atoms with van der Waals surface area (Å²) in [6.07, 6.45) is -3.41. The lowest BCUT2D eigenvalue weighted by Crippen LogP contribution is -2.89. The van der Waals surface area contributed by atoms with Crippen molar-refractivity contribution >= 4 is 17.3 Å². The highest BCUT2D eigenvalue weighted by Crippen LogP contribution is 2.87. The van der Waals surface area contributed by atoms with Crippen molar-refractivity contribution in [2.45, 2.75) is 132 Å². The molecule has 6 saturated heterocycles. The number of Topliss-reactive ketones (excluding diaryl/α,β-unsaturated/α-hetero) is 3. The molecule has 55 heavy (non-hydrogen) atoms. The number of ether oxygens (including phenoxy) is 4. The third-order valence-corrected chi connectivity index (χ3v) is 19.4. The molecule has 8 saturated carbocycles. The van der Waals surface area contributed by atoms with Crippen LogP contribution in [0.1, 0.15) is 79.1 Å². The first-order valence-electron chi connectivity index (χ1n) is 20.4. The molecule has 19 atom stereocenters. The van der Waals surface area contributed by atoms with Crippen LogP contribution in [0, 0.1) is 68.0 Å². The first-order chi connectivity index (χ1) is 25.6. The SMILES string of the molecule is C=C1C(=O)[C@]23[C@H](O)[C@H]1CC[C@H]2[C@@]12CO[C@]3(O)[C@@H](O)[C@@H]1C(C)(C)C[C@]1(CC[C@]34CC(C)(C)[C@H]5[C@H](O)[C@@]6(O)OC[C@@]5([C@@H]5CC[C@H]7C(=C)C(=O)[C@]56[C@@H]7O)[C@@]3(O1)O4)C2=O.